The van der Waals surface area contributed by atoms with E-state index in [9.17, 15) is 4.79 Å². The van der Waals surface area contributed by atoms with Crippen molar-refractivity contribution in [2.24, 2.45) is 17.3 Å². The maximum absolute atomic E-state index is 13.5. The predicted molar refractivity (Wildman–Crippen MR) is 110 cm³/mol. The second-order valence-electron chi connectivity index (χ2n) is 9.76. The maximum atomic E-state index is 13.5. The van der Waals surface area contributed by atoms with Crippen LogP contribution in [-0.2, 0) is 11.2 Å². The zero-order chi connectivity index (χ0) is 19.1. The van der Waals surface area contributed by atoms with E-state index in [0.717, 1.165) is 31.4 Å². The van der Waals surface area contributed by atoms with Crippen LogP contribution in [0.25, 0.3) is 5.70 Å². The molecule has 0 radical (unpaired) electrons. The molecule has 0 bridgehead atoms. The second-order valence-corrected chi connectivity index (χ2v) is 9.76. The Kier molecular flexibility index (Phi) is 5.07. The third-order valence-corrected chi connectivity index (χ3v) is 6.42. The molecule has 1 aliphatic carbocycles. The van der Waals surface area contributed by atoms with Gasteiger partial charge in [0.25, 0.3) is 0 Å². The monoisotopic (exact) mass is 353 g/mol. The van der Waals surface area contributed by atoms with E-state index in [1.165, 1.54) is 23.1 Å². The summed E-state index contributed by atoms with van der Waals surface area (Å²) in [6.07, 6.45) is 7.17. The summed E-state index contributed by atoms with van der Waals surface area (Å²) in [7, 11) is 0. The Labute approximate surface area is 159 Å². The number of ketones is 1. The average Bonchev–Trinajstić information content (AvgIpc) is 2.53. The number of allylic oxidation sites excluding steroid dienone is 1. The predicted octanol–water partition coefficient (Wildman–Crippen LogP) is 5.68. The summed E-state index contributed by atoms with van der Waals surface area (Å²) in [5, 5.41) is 3.65. The van der Waals surface area contributed by atoms with Crippen LogP contribution in [0.4, 0.5) is 0 Å². The number of fused-ring (bicyclic) bond motifs is 1. The SMILES string of the molecule is CCC1(C(=O)/C=C2\NC(C)(C)Cc3ccc(C)cc32)CC(C)CC(C)C1. The van der Waals surface area contributed by atoms with Gasteiger partial charge in [-0.2, -0.15) is 0 Å². The van der Waals surface area contributed by atoms with Crippen molar-refractivity contribution in [3.63, 3.8) is 0 Å². The van der Waals surface area contributed by atoms with Gasteiger partial charge in [-0.15, -0.1) is 0 Å². The van der Waals surface area contributed by atoms with Gasteiger partial charge in [0.05, 0.1) is 0 Å². The van der Waals surface area contributed by atoms with Crippen molar-refractivity contribution in [1.29, 1.82) is 0 Å². The standard InChI is InChI=1S/C24H35NO/c1-7-24(13-17(3)10-18(4)14-24)22(26)12-21-20-11-16(2)8-9-19(20)15-23(5,6)25-21/h8-9,11-12,17-18,25H,7,10,13-15H2,1-6H3/b21-12-. The third-order valence-electron chi connectivity index (χ3n) is 6.42. The highest BCUT2D eigenvalue weighted by Crippen LogP contribution is 2.46. The number of rotatable bonds is 3. The zero-order valence-electron chi connectivity index (χ0n) is 17.4. The third kappa shape index (κ3) is 3.75. The van der Waals surface area contributed by atoms with Crippen LogP contribution >= 0.6 is 0 Å². The number of carbonyl (C=O) groups excluding carboxylic acids is 1. The van der Waals surface area contributed by atoms with Gasteiger partial charge in [-0.05, 0) is 76.3 Å². The van der Waals surface area contributed by atoms with Crippen molar-refractivity contribution in [3.05, 3.63) is 41.0 Å². The molecule has 2 atom stereocenters. The molecule has 2 heteroatoms. The molecule has 2 aliphatic rings. The van der Waals surface area contributed by atoms with Crippen molar-refractivity contribution in [3.8, 4) is 0 Å². The number of hydrogen-bond donors (Lipinski definition) is 1. The Hall–Kier alpha value is -1.57. The van der Waals surface area contributed by atoms with Crippen LogP contribution in [0.2, 0.25) is 0 Å². The highest BCUT2D eigenvalue weighted by Gasteiger charge is 2.42. The van der Waals surface area contributed by atoms with Crippen molar-refractivity contribution in [2.45, 2.75) is 79.2 Å². The topological polar surface area (TPSA) is 29.1 Å². The van der Waals surface area contributed by atoms with Crippen LogP contribution in [0, 0.1) is 24.2 Å². The molecule has 1 aromatic carbocycles. The minimum atomic E-state index is -0.183. The van der Waals surface area contributed by atoms with Crippen molar-refractivity contribution in [2.75, 3.05) is 0 Å². The van der Waals surface area contributed by atoms with Crippen molar-refractivity contribution in [1.82, 2.24) is 5.32 Å². The lowest BCUT2D eigenvalue weighted by atomic mass is 9.62. The summed E-state index contributed by atoms with van der Waals surface area (Å²) in [4.78, 5) is 13.5. The molecule has 2 unspecified atom stereocenters. The maximum Gasteiger partial charge on any atom is 0.163 e. The lowest BCUT2D eigenvalue weighted by Gasteiger charge is -2.41. The van der Waals surface area contributed by atoms with E-state index in [4.69, 9.17) is 0 Å². The number of nitrogens with one attached hydrogen (secondary N) is 1. The fraction of sp³-hybridized carbons (Fsp3) is 0.625. The van der Waals surface area contributed by atoms with Gasteiger partial charge in [0.1, 0.15) is 0 Å². The van der Waals surface area contributed by atoms with Crippen LogP contribution < -0.4 is 5.32 Å². The van der Waals surface area contributed by atoms with Gasteiger partial charge in [0.15, 0.2) is 5.78 Å². The summed E-state index contributed by atoms with van der Waals surface area (Å²) in [5.74, 6) is 1.59. The highest BCUT2D eigenvalue weighted by atomic mass is 16.1. The van der Waals surface area contributed by atoms with Gasteiger partial charge in [0, 0.05) is 28.3 Å². The average molecular weight is 354 g/mol. The number of carbonyl (C=O) groups is 1. The minimum Gasteiger partial charge on any atom is -0.379 e. The second kappa shape index (κ2) is 6.87. The molecule has 1 fully saturated rings. The molecule has 1 saturated carbocycles. The van der Waals surface area contributed by atoms with Crippen molar-refractivity contribution >= 4 is 11.5 Å². The van der Waals surface area contributed by atoms with Crippen LogP contribution in [0.15, 0.2) is 24.3 Å². The molecule has 0 aromatic heterocycles. The van der Waals surface area contributed by atoms with Gasteiger partial charge in [-0.3, -0.25) is 4.79 Å². The van der Waals surface area contributed by atoms with Gasteiger partial charge in [-0.1, -0.05) is 38.5 Å². The Morgan fingerprint density at radius 1 is 1.23 bits per heavy atom. The van der Waals surface area contributed by atoms with E-state index in [1.54, 1.807) is 0 Å². The quantitative estimate of drug-likeness (QED) is 0.708. The molecule has 3 rings (SSSR count). The lowest BCUT2D eigenvalue weighted by Crippen LogP contribution is -2.44. The van der Waals surface area contributed by atoms with Crippen LogP contribution in [0.3, 0.4) is 0 Å². The first-order valence-electron chi connectivity index (χ1n) is 10.3. The number of hydrogen-bond acceptors (Lipinski definition) is 2. The first-order chi connectivity index (χ1) is 12.1. The lowest BCUT2D eigenvalue weighted by molar-refractivity contribution is -0.127. The van der Waals surface area contributed by atoms with E-state index >= 15 is 0 Å². The molecule has 0 amide bonds. The van der Waals surface area contributed by atoms with E-state index in [1.807, 2.05) is 6.08 Å². The Morgan fingerprint density at radius 3 is 2.50 bits per heavy atom. The Bertz CT molecular complexity index is 718. The van der Waals surface area contributed by atoms with Gasteiger partial charge >= 0.3 is 0 Å². The van der Waals surface area contributed by atoms with E-state index in [0.29, 0.717) is 17.6 Å². The fourth-order valence-corrected chi connectivity index (χ4v) is 5.38. The Morgan fingerprint density at radius 2 is 1.88 bits per heavy atom. The molecule has 1 N–H and O–H groups in total. The molecular formula is C24H35NO. The largest absolute Gasteiger partial charge is 0.379 e. The van der Waals surface area contributed by atoms with E-state index < -0.39 is 0 Å². The molecular weight excluding hydrogens is 318 g/mol. The van der Waals surface area contributed by atoms with Crippen molar-refractivity contribution < 1.29 is 4.79 Å². The molecule has 0 spiro atoms. The fourth-order valence-electron chi connectivity index (χ4n) is 5.38. The molecule has 1 aliphatic heterocycles. The normalized spacial score (nSPS) is 32.0. The number of benzene rings is 1. The molecule has 26 heavy (non-hydrogen) atoms. The van der Waals surface area contributed by atoms with E-state index in [2.05, 4.69) is 65.1 Å². The smallest absolute Gasteiger partial charge is 0.163 e. The van der Waals surface area contributed by atoms with Gasteiger partial charge in [-0.25, -0.2) is 0 Å². The number of aryl methyl sites for hydroxylation is 1. The summed E-state index contributed by atoms with van der Waals surface area (Å²) in [6, 6.07) is 6.63. The first kappa shape index (κ1) is 19.2. The zero-order valence-corrected chi connectivity index (χ0v) is 17.4. The summed E-state index contributed by atoms with van der Waals surface area (Å²) < 4.78 is 0. The minimum absolute atomic E-state index is 0.0269. The molecule has 2 nitrogen and oxygen atoms in total. The van der Waals surface area contributed by atoms with Crippen LogP contribution in [0.1, 0.15) is 77.0 Å². The molecule has 142 valence electrons. The van der Waals surface area contributed by atoms with Gasteiger partial charge < -0.3 is 5.32 Å². The molecule has 0 saturated heterocycles. The van der Waals surface area contributed by atoms with Crippen LogP contribution in [0.5, 0.6) is 0 Å². The van der Waals surface area contributed by atoms with E-state index in [-0.39, 0.29) is 11.0 Å². The summed E-state index contributed by atoms with van der Waals surface area (Å²) >= 11 is 0. The summed E-state index contributed by atoms with van der Waals surface area (Å²) in [6.45, 7) is 13.4. The van der Waals surface area contributed by atoms with Crippen LogP contribution in [-0.4, -0.2) is 11.3 Å². The summed E-state index contributed by atoms with van der Waals surface area (Å²) in [5.41, 5.74) is 4.60. The molecule has 1 aromatic rings. The first-order valence-corrected chi connectivity index (χ1v) is 10.3. The highest BCUT2D eigenvalue weighted by molar-refractivity contribution is 6.01. The Balaban J connectivity index is 2.00. The van der Waals surface area contributed by atoms with Gasteiger partial charge in [0.2, 0.25) is 0 Å². The molecule has 1 heterocycles.